The van der Waals surface area contributed by atoms with Crippen molar-refractivity contribution in [3.63, 3.8) is 0 Å². The van der Waals surface area contributed by atoms with Crippen molar-refractivity contribution < 1.29 is 0 Å². The average molecular weight is 184 g/mol. The fourth-order valence-corrected chi connectivity index (χ4v) is 2.39. The molecule has 1 heterocycles. The van der Waals surface area contributed by atoms with Gasteiger partial charge in [-0.25, -0.2) is 0 Å². The van der Waals surface area contributed by atoms with E-state index in [4.69, 9.17) is 0 Å². The van der Waals surface area contributed by atoms with E-state index in [0.717, 1.165) is 5.92 Å². The highest BCUT2D eigenvalue weighted by atomic mass is 15.2. The molecule has 0 N–H and O–H groups in total. The van der Waals surface area contributed by atoms with Crippen molar-refractivity contribution in [1.82, 2.24) is 9.80 Å². The van der Waals surface area contributed by atoms with Crippen LogP contribution in [-0.2, 0) is 0 Å². The van der Waals surface area contributed by atoms with Crippen molar-refractivity contribution in [2.45, 2.75) is 38.8 Å². The molecule has 3 atom stereocenters. The largest absolute Gasteiger partial charge is 0.304 e. The number of hydrogen-bond acceptors (Lipinski definition) is 2. The van der Waals surface area contributed by atoms with E-state index in [9.17, 15) is 0 Å². The Morgan fingerprint density at radius 2 is 1.85 bits per heavy atom. The van der Waals surface area contributed by atoms with Crippen LogP contribution in [0.25, 0.3) is 0 Å². The predicted molar refractivity (Wildman–Crippen MR) is 58.0 cm³/mol. The van der Waals surface area contributed by atoms with Gasteiger partial charge in [-0.05, 0) is 47.3 Å². The van der Waals surface area contributed by atoms with Gasteiger partial charge in [0.15, 0.2) is 0 Å². The lowest BCUT2D eigenvalue weighted by Gasteiger charge is -2.50. The van der Waals surface area contributed by atoms with E-state index < -0.39 is 0 Å². The highest BCUT2D eigenvalue weighted by Crippen LogP contribution is 2.33. The first-order valence-electron chi connectivity index (χ1n) is 5.25. The van der Waals surface area contributed by atoms with E-state index in [1.165, 1.54) is 13.0 Å². The molecule has 0 amide bonds. The quantitative estimate of drug-likeness (QED) is 0.611. The fourth-order valence-electron chi connectivity index (χ4n) is 2.39. The maximum absolute atomic E-state index is 2.47. The number of piperidine rings is 1. The smallest absolute Gasteiger partial charge is 0.0227 e. The first-order chi connectivity index (χ1) is 5.88. The van der Waals surface area contributed by atoms with Crippen LogP contribution in [0.15, 0.2) is 0 Å². The van der Waals surface area contributed by atoms with Crippen LogP contribution in [-0.4, -0.2) is 49.1 Å². The molecule has 0 bridgehead atoms. The maximum Gasteiger partial charge on any atom is 0.0227 e. The highest BCUT2D eigenvalue weighted by Gasteiger charge is 2.40. The van der Waals surface area contributed by atoms with Crippen molar-refractivity contribution in [2.75, 3.05) is 27.7 Å². The molecule has 13 heavy (non-hydrogen) atoms. The van der Waals surface area contributed by atoms with Crippen LogP contribution in [0.3, 0.4) is 0 Å². The number of nitrogens with zero attached hydrogens (tertiary/aromatic N) is 2. The summed E-state index contributed by atoms with van der Waals surface area (Å²) in [7, 11) is 6.64. The highest BCUT2D eigenvalue weighted by molar-refractivity contribution is 4.96. The molecular formula is C11H24N2. The summed E-state index contributed by atoms with van der Waals surface area (Å²) in [5.74, 6) is 0.753. The van der Waals surface area contributed by atoms with Crippen LogP contribution in [0.2, 0.25) is 0 Å². The molecule has 0 aromatic rings. The van der Waals surface area contributed by atoms with Gasteiger partial charge in [0.05, 0.1) is 0 Å². The molecular weight excluding hydrogens is 160 g/mol. The molecule has 1 fully saturated rings. The zero-order chi connectivity index (χ0) is 10.2. The first-order valence-corrected chi connectivity index (χ1v) is 5.25. The van der Waals surface area contributed by atoms with Gasteiger partial charge in [0.1, 0.15) is 0 Å². The van der Waals surface area contributed by atoms with Crippen LogP contribution in [0.5, 0.6) is 0 Å². The summed E-state index contributed by atoms with van der Waals surface area (Å²) < 4.78 is 0. The second-order valence-corrected chi connectivity index (χ2v) is 5.15. The Kier molecular flexibility index (Phi) is 3.03. The molecule has 78 valence electrons. The van der Waals surface area contributed by atoms with Gasteiger partial charge >= 0.3 is 0 Å². The minimum atomic E-state index is 0.381. The van der Waals surface area contributed by atoms with Gasteiger partial charge in [-0.2, -0.15) is 0 Å². The van der Waals surface area contributed by atoms with Crippen molar-refractivity contribution in [1.29, 1.82) is 0 Å². The van der Waals surface area contributed by atoms with Crippen LogP contribution >= 0.6 is 0 Å². The summed E-state index contributed by atoms with van der Waals surface area (Å²) in [4.78, 5) is 4.86. The van der Waals surface area contributed by atoms with E-state index in [-0.39, 0.29) is 0 Å². The van der Waals surface area contributed by atoms with Crippen LogP contribution in [0, 0.1) is 5.92 Å². The maximum atomic E-state index is 2.47. The summed E-state index contributed by atoms with van der Waals surface area (Å²) >= 11 is 0. The molecule has 0 aromatic heterocycles. The second-order valence-electron chi connectivity index (χ2n) is 5.15. The van der Waals surface area contributed by atoms with Gasteiger partial charge < -0.3 is 9.80 Å². The summed E-state index contributed by atoms with van der Waals surface area (Å²) in [6, 6.07) is 0.712. The monoisotopic (exact) mass is 184 g/mol. The summed E-state index contributed by atoms with van der Waals surface area (Å²) in [5.41, 5.74) is 0.381. The summed E-state index contributed by atoms with van der Waals surface area (Å²) in [5, 5.41) is 0. The summed E-state index contributed by atoms with van der Waals surface area (Å²) in [6.45, 7) is 8.30. The van der Waals surface area contributed by atoms with Gasteiger partial charge in [-0.15, -0.1) is 0 Å². The lowest BCUT2D eigenvalue weighted by atomic mass is 9.77. The molecule has 2 heteroatoms. The van der Waals surface area contributed by atoms with Gasteiger partial charge in [0.2, 0.25) is 0 Å². The molecule has 1 saturated heterocycles. The van der Waals surface area contributed by atoms with Crippen molar-refractivity contribution in [3.05, 3.63) is 0 Å². The normalized spacial score (nSPS) is 42.7. The third-order valence-corrected chi connectivity index (χ3v) is 4.11. The van der Waals surface area contributed by atoms with Crippen LogP contribution in [0.4, 0.5) is 0 Å². The zero-order valence-electron chi connectivity index (χ0n) is 9.96. The predicted octanol–water partition coefficient (Wildman–Crippen LogP) is 1.67. The Balaban J connectivity index is 2.76. The molecule has 0 spiro atoms. The Bertz CT molecular complexity index is 179. The van der Waals surface area contributed by atoms with E-state index >= 15 is 0 Å². The Hall–Kier alpha value is -0.0800. The van der Waals surface area contributed by atoms with Gasteiger partial charge in [-0.1, -0.05) is 6.92 Å². The first kappa shape index (κ1) is 11.0. The molecule has 1 aliphatic heterocycles. The van der Waals surface area contributed by atoms with Gasteiger partial charge in [-0.3, -0.25) is 0 Å². The molecule has 2 nitrogen and oxygen atoms in total. The zero-order valence-corrected chi connectivity index (χ0v) is 9.96. The van der Waals surface area contributed by atoms with Gasteiger partial charge in [0, 0.05) is 18.1 Å². The molecule has 0 aliphatic carbocycles. The number of rotatable bonds is 1. The van der Waals surface area contributed by atoms with Crippen molar-refractivity contribution in [2.24, 2.45) is 5.92 Å². The Morgan fingerprint density at radius 1 is 1.31 bits per heavy atom. The fraction of sp³-hybridized carbons (Fsp3) is 1.00. The van der Waals surface area contributed by atoms with Crippen LogP contribution in [0.1, 0.15) is 27.2 Å². The average Bonchev–Trinajstić information content (AvgIpc) is 2.01. The molecule has 1 rings (SSSR count). The van der Waals surface area contributed by atoms with Crippen LogP contribution < -0.4 is 0 Å². The van der Waals surface area contributed by atoms with E-state index in [1.54, 1.807) is 0 Å². The van der Waals surface area contributed by atoms with E-state index in [0.29, 0.717) is 11.6 Å². The molecule has 0 unspecified atom stereocenters. The summed E-state index contributed by atoms with van der Waals surface area (Å²) in [6.07, 6.45) is 1.28. The Labute approximate surface area is 82.9 Å². The van der Waals surface area contributed by atoms with Crippen molar-refractivity contribution >= 4 is 0 Å². The van der Waals surface area contributed by atoms with Crippen molar-refractivity contribution in [3.8, 4) is 0 Å². The molecule has 1 aliphatic rings. The minimum absolute atomic E-state index is 0.381. The molecule has 0 aromatic carbocycles. The third kappa shape index (κ3) is 1.89. The third-order valence-electron chi connectivity index (χ3n) is 4.11. The second kappa shape index (κ2) is 3.58. The lowest BCUT2D eigenvalue weighted by molar-refractivity contribution is 0.00200. The molecule has 0 saturated carbocycles. The molecule has 0 radical (unpaired) electrons. The topological polar surface area (TPSA) is 6.48 Å². The number of hydrogen-bond donors (Lipinski definition) is 0. The van der Waals surface area contributed by atoms with Gasteiger partial charge in [0.25, 0.3) is 0 Å². The SMILES string of the molecule is C[C@@H]1CN(C)[C@@H](C)C[C@]1(C)N(C)C. The minimum Gasteiger partial charge on any atom is -0.304 e. The standard InChI is InChI=1S/C11H24N2/c1-9-8-13(6)10(2)7-11(9,3)12(4)5/h9-10H,7-8H2,1-6H3/t9-,10+,11+/m1/s1. The lowest BCUT2D eigenvalue weighted by Crippen LogP contribution is -2.58. The number of likely N-dealkylation sites (tertiary alicyclic amines) is 1. The van der Waals surface area contributed by atoms with E-state index in [2.05, 4.69) is 51.7 Å². The Morgan fingerprint density at radius 3 is 2.31 bits per heavy atom. The van der Waals surface area contributed by atoms with E-state index in [1.807, 2.05) is 0 Å².